The highest BCUT2D eigenvalue weighted by molar-refractivity contribution is 5.83. The quantitative estimate of drug-likeness (QED) is 0.434. The van der Waals surface area contributed by atoms with E-state index in [0.717, 1.165) is 74.2 Å². The summed E-state index contributed by atoms with van der Waals surface area (Å²) >= 11 is 0. The lowest BCUT2D eigenvalue weighted by atomic mass is 9.91. The fraction of sp³-hybridized carbons (Fsp3) is 0.562. The number of ether oxygens (including phenoxy) is 1. The molecular weight excluding hydrogens is 484 g/mol. The second-order valence-corrected chi connectivity index (χ2v) is 11.8. The van der Waals surface area contributed by atoms with Gasteiger partial charge in [0, 0.05) is 38.8 Å². The van der Waals surface area contributed by atoms with Gasteiger partial charge in [-0.3, -0.25) is 4.90 Å². The summed E-state index contributed by atoms with van der Waals surface area (Å²) in [6, 6.07) is 15.6. The normalized spacial score (nSPS) is 21.9. The van der Waals surface area contributed by atoms with Crippen molar-refractivity contribution in [3.8, 4) is 5.75 Å². The minimum absolute atomic E-state index is 0.327. The van der Waals surface area contributed by atoms with Gasteiger partial charge in [-0.2, -0.15) is 0 Å². The summed E-state index contributed by atoms with van der Waals surface area (Å²) in [4.78, 5) is 20.7. The highest BCUT2D eigenvalue weighted by atomic mass is 16.5. The molecule has 0 saturated carbocycles. The number of likely N-dealkylation sites (tertiary alicyclic amines) is 2. The van der Waals surface area contributed by atoms with Crippen LogP contribution in [0, 0.1) is 0 Å². The second kappa shape index (κ2) is 11.3. The Hall–Kier alpha value is -2.90. The van der Waals surface area contributed by atoms with Crippen LogP contribution in [0.25, 0.3) is 11.0 Å². The zero-order valence-electron chi connectivity index (χ0n) is 23.2. The van der Waals surface area contributed by atoms with Crippen molar-refractivity contribution in [3.05, 3.63) is 53.6 Å². The Balaban J connectivity index is 1.16. The standard InChI is InChI=1S/C32H42N6O/c1-5-14-35(15-6-1)19-20-37-24-30-27-10-4-3-9-25(27)13-18-38(30)32-31(37)34-29-23-26(11-12-28(29)33-32)39-22-21-36-16-7-2-8-17-36/h3-4,9-12,23,30H,1-2,5-8,13-22,24H2. The molecule has 3 aromatic rings. The number of benzene rings is 2. The monoisotopic (exact) mass is 526 g/mol. The summed E-state index contributed by atoms with van der Waals surface area (Å²) in [5.74, 6) is 2.99. The first-order valence-electron chi connectivity index (χ1n) is 15.3. The number of piperidine rings is 2. The number of nitrogens with zero attached hydrogens (tertiary/aromatic N) is 6. The maximum absolute atomic E-state index is 6.20. The summed E-state index contributed by atoms with van der Waals surface area (Å²) in [7, 11) is 0. The molecule has 0 spiro atoms. The van der Waals surface area contributed by atoms with Gasteiger partial charge in [-0.1, -0.05) is 37.1 Å². The van der Waals surface area contributed by atoms with Crippen molar-refractivity contribution in [2.45, 2.75) is 51.0 Å². The van der Waals surface area contributed by atoms with E-state index < -0.39 is 0 Å². The van der Waals surface area contributed by atoms with Crippen molar-refractivity contribution in [1.82, 2.24) is 19.8 Å². The topological polar surface area (TPSA) is 48.0 Å². The van der Waals surface area contributed by atoms with Crippen molar-refractivity contribution >= 4 is 22.7 Å². The van der Waals surface area contributed by atoms with E-state index in [0.29, 0.717) is 6.04 Å². The molecule has 0 amide bonds. The van der Waals surface area contributed by atoms with Crippen LogP contribution in [0.1, 0.15) is 55.7 Å². The van der Waals surface area contributed by atoms with E-state index in [1.165, 1.54) is 75.8 Å². The number of anilines is 2. The molecule has 39 heavy (non-hydrogen) atoms. The maximum Gasteiger partial charge on any atom is 0.173 e. The van der Waals surface area contributed by atoms with Crippen LogP contribution in [0.15, 0.2) is 42.5 Å². The SMILES string of the molecule is c1ccc2c(c1)CCN1c3nc4ccc(OCCN5CCCCC5)cc4nc3N(CCN3CCCCC3)CC21. The van der Waals surface area contributed by atoms with Crippen LogP contribution in [0.4, 0.5) is 11.6 Å². The van der Waals surface area contributed by atoms with E-state index in [-0.39, 0.29) is 0 Å². The van der Waals surface area contributed by atoms with Crippen LogP contribution in [0.2, 0.25) is 0 Å². The summed E-state index contributed by atoms with van der Waals surface area (Å²) < 4.78 is 6.20. The van der Waals surface area contributed by atoms with Gasteiger partial charge in [0.15, 0.2) is 11.6 Å². The van der Waals surface area contributed by atoms with Gasteiger partial charge in [-0.15, -0.1) is 0 Å². The van der Waals surface area contributed by atoms with Crippen molar-refractivity contribution < 1.29 is 4.74 Å². The average Bonchev–Trinajstić information content (AvgIpc) is 3.00. The Morgan fingerprint density at radius 3 is 2.28 bits per heavy atom. The summed E-state index contributed by atoms with van der Waals surface area (Å²) in [6.07, 6.45) is 9.07. The van der Waals surface area contributed by atoms with Gasteiger partial charge in [0.25, 0.3) is 0 Å². The molecule has 1 unspecified atom stereocenters. The van der Waals surface area contributed by atoms with Gasteiger partial charge >= 0.3 is 0 Å². The number of fused-ring (bicyclic) bond motifs is 6. The Morgan fingerprint density at radius 2 is 1.46 bits per heavy atom. The molecule has 4 aliphatic rings. The lowest BCUT2D eigenvalue weighted by Crippen LogP contribution is -2.49. The van der Waals surface area contributed by atoms with E-state index >= 15 is 0 Å². The number of rotatable bonds is 7. The largest absolute Gasteiger partial charge is 0.492 e. The van der Waals surface area contributed by atoms with Crippen molar-refractivity contribution in [1.29, 1.82) is 0 Å². The molecule has 0 N–H and O–H groups in total. The first-order valence-corrected chi connectivity index (χ1v) is 15.3. The van der Waals surface area contributed by atoms with Gasteiger partial charge in [0.1, 0.15) is 12.4 Å². The first-order chi connectivity index (χ1) is 19.3. The van der Waals surface area contributed by atoms with E-state index in [9.17, 15) is 0 Å². The zero-order chi connectivity index (χ0) is 26.0. The van der Waals surface area contributed by atoms with Gasteiger partial charge in [-0.05, 0) is 81.5 Å². The first kappa shape index (κ1) is 25.1. The number of hydrogen-bond acceptors (Lipinski definition) is 7. The predicted octanol–water partition coefficient (Wildman–Crippen LogP) is 4.90. The Labute approximate surface area is 232 Å². The van der Waals surface area contributed by atoms with Gasteiger partial charge in [0.2, 0.25) is 0 Å². The molecule has 2 fully saturated rings. The van der Waals surface area contributed by atoms with E-state index in [4.69, 9.17) is 14.7 Å². The summed E-state index contributed by atoms with van der Waals surface area (Å²) in [6.45, 7) is 10.6. The number of hydrogen-bond donors (Lipinski definition) is 0. The van der Waals surface area contributed by atoms with Gasteiger partial charge in [-0.25, -0.2) is 9.97 Å². The molecule has 0 aliphatic carbocycles. The van der Waals surface area contributed by atoms with Crippen LogP contribution >= 0.6 is 0 Å². The third-order valence-electron chi connectivity index (χ3n) is 9.24. The molecule has 0 radical (unpaired) electrons. The molecule has 2 saturated heterocycles. The van der Waals surface area contributed by atoms with Crippen LogP contribution in [-0.4, -0.2) is 85.3 Å². The Morgan fingerprint density at radius 1 is 0.718 bits per heavy atom. The van der Waals surface area contributed by atoms with E-state index in [1.54, 1.807) is 0 Å². The lowest BCUT2D eigenvalue weighted by Gasteiger charge is -2.46. The molecular formula is C32H42N6O. The van der Waals surface area contributed by atoms with Crippen LogP contribution in [0.3, 0.4) is 0 Å². The second-order valence-electron chi connectivity index (χ2n) is 11.8. The highest BCUT2D eigenvalue weighted by Crippen LogP contribution is 2.42. The van der Waals surface area contributed by atoms with Gasteiger partial charge < -0.3 is 19.4 Å². The molecule has 1 aromatic heterocycles. The van der Waals surface area contributed by atoms with E-state index in [2.05, 4.69) is 62.1 Å². The van der Waals surface area contributed by atoms with Crippen LogP contribution < -0.4 is 14.5 Å². The van der Waals surface area contributed by atoms with Crippen molar-refractivity contribution in [3.63, 3.8) is 0 Å². The fourth-order valence-corrected chi connectivity index (χ4v) is 7.03. The minimum Gasteiger partial charge on any atom is -0.492 e. The van der Waals surface area contributed by atoms with E-state index in [1.807, 2.05) is 0 Å². The third-order valence-corrected chi connectivity index (χ3v) is 9.24. The average molecular weight is 527 g/mol. The minimum atomic E-state index is 0.327. The van der Waals surface area contributed by atoms with Crippen molar-refractivity contribution in [2.75, 3.05) is 75.3 Å². The van der Waals surface area contributed by atoms with Crippen molar-refractivity contribution in [2.24, 2.45) is 0 Å². The molecule has 7 heteroatoms. The molecule has 206 valence electrons. The Kier molecular flexibility index (Phi) is 7.27. The molecule has 7 rings (SSSR count). The van der Waals surface area contributed by atoms with Crippen LogP contribution in [0.5, 0.6) is 5.75 Å². The fourth-order valence-electron chi connectivity index (χ4n) is 7.03. The predicted molar refractivity (Wildman–Crippen MR) is 158 cm³/mol. The summed E-state index contributed by atoms with van der Waals surface area (Å²) in [5.41, 5.74) is 4.82. The molecule has 0 bridgehead atoms. The number of aromatic nitrogens is 2. The molecule has 4 aliphatic heterocycles. The summed E-state index contributed by atoms with van der Waals surface area (Å²) in [5, 5.41) is 0. The van der Waals surface area contributed by atoms with Gasteiger partial charge in [0.05, 0.1) is 17.1 Å². The highest BCUT2D eigenvalue weighted by Gasteiger charge is 2.37. The maximum atomic E-state index is 6.20. The third kappa shape index (κ3) is 5.31. The molecule has 1 atom stereocenters. The molecule has 2 aromatic carbocycles. The molecule has 5 heterocycles. The lowest BCUT2D eigenvalue weighted by molar-refractivity contribution is 0.183. The smallest absolute Gasteiger partial charge is 0.173 e. The van der Waals surface area contributed by atoms with Crippen LogP contribution in [-0.2, 0) is 6.42 Å². The molecule has 7 nitrogen and oxygen atoms in total. The Bertz CT molecular complexity index is 1280. The zero-order valence-corrected chi connectivity index (χ0v) is 23.2.